The highest BCUT2D eigenvalue weighted by atomic mass is 16.3. The van der Waals surface area contributed by atoms with Crippen LogP contribution in [0.15, 0.2) is 42.5 Å². The molecule has 0 aromatic heterocycles. The Labute approximate surface area is 140 Å². The number of hydrogen-bond acceptors (Lipinski definition) is 2. The van der Waals surface area contributed by atoms with Crippen molar-refractivity contribution in [3.05, 3.63) is 59.2 Å². The molecule has 0 aliphatic carbocycles. The fourth-order valence-electron chi connectivity index (χ4n) is 2.41. The molecule has 0 atom stereocenters. The number of phenolic OH excluding ortho intramolecular Hbond substituents is 1. The van der Waals surface area contributed by atoms with Crippen LogP contribution in [0.25, 0.3) is 0 Å². The average Bonchev–Trinajstić information content (AvgIpc) is 2.44. The van der Waals surface area contributed by atoms with Gasteiger partial charge in [-0.25, -0.2) is 0 Å². The average molecular weight is 311 g/mol. The van der Waals surface area contributed by atoms with Gasteiger partial charge in [0.1, 0.15) is 5.75 Å². The van der Waals surface area contributed by atoms with Gasteiger partial charge in [0.25, 0.3) is 0 Å². The first-order valence-electron chi connectivity index (χ1n) is 8.23. The van der Waals surface area contributed by atoms with Gasteiger partial charge in [-0.1, -0.05) is 59.7 Å². The lowest BCUT2D eigenvalue weighted by Gasteiger charge is -2.26. The summed E-state index contributed by atoms with van der Waals surface area (Å²) in [6, 6.07) is 14.2. The molecule has 23 heavy (non-hydrogen) atoms. The zero-order chi connectivity index (χ0) is 17.3. The second-order valence-corrected chi connectivity index (χ2v) is 8.32. The van der Waals surface area contributed by atoms with Crippen LogP contribution in [0.5, 0.6) is 5.75 Å². The van der Waals surface area contributed by atoms with Crippen LogP contribution in [0.4, 0.5) is 5.69 Å². The number of aromatic hydroxyl groups is 1. The molecule has 0 radical (unpaired) electrons. The van der Waals surface area contributed by atoms with Gasteiger partial charge in [-0.2, -0.15) is 0 Å². The zero-order valence-electron chi connectivity index (χ0n) is 15.2. The van der Waals surface area contributed by atoms with Crippen LogP contribution in [-0.2, 0) is 17.4 Å². The maximum Gasteiger partial charge on any atom is 0.115 e. The Morgan fingerprint density at radius 3 is 1.70 bits per heavy atom. The molecule has 0 aliphatic heterocycles. The number of anilines is 1. The monoisotopic (exact) mass is 311 g/mol. The summed E-state index contributed by atoms with van der Waals surface area (Å²) in [6.45, 7) is 14.2. The van der Waals surface area contributed by atoms with Crippen molar-refractivity contribution in [2.24, 2.45) is 0 Å². The normalized spacial score (nSPS) is 12.3. The molecule has 0 saturated carbocycles. The summed E-state index contributed by atoms with van der Waals surface area (Å²) in [7, 11) is 0. The second kappa shape index (κ2) is 6.27. The van der Waals surface area contributed by atoms with Gasteiger partial charge in [0.05, 0.1) is 0 Å². The molecule has 2 aromatic carbocycles. The highest BCUT2D eigenvalue weighted by Crippen LogP contribution is 2.32. The molecule has 0 fully saturated rings. The van der Waals surface area contributed by atoms with Crippen LogP contribution in [0.1, 0.15) is 58.2 Å². The summed E-state index contributed by atoms with van der Waals surface area (Å²) >= 11 is 0. The predicted molar refractivity (Wildman–Crippen MR) is 99.3 cm³/mol. The van der Waals surface area contributed by atoms with Crippen molar-refractivity contribution in [2.75, 3.05) is 5.32 Å². The van der Waals surface area contributed by atoms with Crippen LogP contribution in [0.3, 0.4) is 0 Å². The van der Waals surface area contributed by atoms with Gasteiger partial charge in [0, 0.05) is 12.2 Å². The molecule has 2 rings (SSSR count). The van der Waals surface area contributed by atoms with Gasteiger partial charge < -0.3 is 10.4 Å². The molecule has 2 heteroatoms. The Bertz CT molecular complexity index is 625. The molecule has 2 N–H and O–H groups in total. The number of nitrogens with one attached hydrogen (secondary N) is 1. The minimum Gasteiger partial charge on any atom is -0.508 e. The van der Waals surface area contributed by atoms with Crippen molar-refractivity contribution >= 4 is 5.69 Å². The molecule has 2 aromatic rings. The Balaban J connectivity index is 2.28. The summed E-state index contributed by atoms with van der Waals surface area (Å²) in [4.78, 5) is 0. The molecular weight excluding hydrogens is 282 g/mol. The van der Waals surface area contributed by atoms with E-state index in [1.807, 2.05) is 12.1 Å². The van der Waals surface area contributed by atoms with Gasteiger partial charge in [0.15, 0.2) is 0 Å². The highest BCUT2D eigenvalue weighted by Gasteiger charge is 2.20. The van der Waals surface area contributed by atoms with Gasteiger partial charge in [-0.3, -0.25) is 0 Å². The number of benzene rings is 2. The third kappa shape index (κ3) is 4.75. The van der Waals surface area contributed by atoms with E-state index in [2.05, 4.69) is 65.1 Å². The molecule has 0 unspecified atom stereocenters. The Hall–Kier alpha value is -1.96. The van der Waals surface area contributed by atoms with Crippen molar-refractivity contribution in [1.29, 1.82) is 0 Å². The first kappa shape index (κ1) is 17.4. The molecule has 0 spiro atoms. The minimum absolute atomic E-state index is 0.121. The van der Waals surface area contributed by atoms with Crippen LogP contribution in [-0.4, -0.2) is 5.11 Å². The fourth-order valence-corrected chi connectivity index (χ4v) is 2.41. The van der Waals surface area contributed by atoms with Crippen molar-refractivity contribution in [1.82, 2.24) is 0 Å². The summed E-state index contributed by atoms with van der Waals surface area (Å²) in [5, 5.41) is 12.9. The zero-order valence-corrected chi connectivity index (χ0v) is 15.2. The summed E-state index contributed by atoms with van der Waals surface area (Å²) < 4.78 is 0. The number of hydrogen-bond donors (Lipinski definition) is 2. The maximum atomic E-state index is 9.37. The van der Waals surface area contributed by atoms with Crippen LogP contribution in [0, 0.1) is 0 Å². The van der Waals surface area contributed by atoms with E-state index in [1.54, 1.807) is 12.1 Å². The van der Waals surface area contributed by atoms with Crippen LogP contribution >= 0.6 is 0 Å². The van der Waals surface area contributed by atoms with Crippen molar-refractivity contribution < 1.29 is 5.11 Å². The van der Waals surface area contributed by atoms with E-state index in [-0.39, 0.29) is 10.8 Å². The Morgan fingerprint density at radius 1 is 0.783 bits per heavy atom. The third-order valence-corrected chi connectivity index (χ3v) is 4.10. The molecule has 0 aliphatic rings. The quantitative estimate of drug-likeness (QED) is 0.773. The maximum absolute atomic E-state index is 9.37. The second-order valence-electron chi connectivity index (χ2n) is 8.32. The van der Waals surface area contributed by atoms with E-state index in [9.17, 15) is 5.11 Å². The summed E-state index contributed by atoms with van der Waals surface area (Å²) in [6.07, 6.45) is 0. The van der Waals surface area contributed by atoms with Crippen LogP contribution in [0.2, 0.25) is 0 Å². The van der Waals surface area contributed by atoms with Crippen molar-refractivity contribution in [3.63, 3.8) is 0 Å². The van der Waals surface area contributed by atoms with Crippen molar-refractivity contribution in [2.45, 2.75) is 58.9 Å². The molecule has 0 heterocycles. The van der Waals surface area contributed by atoms with Gasteiger partial charge in [-0.05, 0) is 51.8 Å². The highest BCUT2D eigenvalue weighted by molar-refractivity contribution is 5.52. The van der Waals surface area contributed by atoms with E-state index in [0.717, 1.165) is 17.8 Å². The van der Waals surface area contributed by atoms with E-state index >= 15 is 0 Å². The van der Waals surface area contributed by atoms with E-state index in [1.165, 1.54) is 11.1 Å². The smallest absolute Gasteiger partial charge is 0.115 e. The number of rotatable bonds is 3. The molecule has 0 bridgehead atoms. The standard InChI is InChI=1S/C21H29NO/c1-20(2,3)16-11-17(21(4,5)6)13-18(12-16)22-14-15-7-9-19(23)10-8-15/h7-13,22-23H,14H2,1-6H3. The lowest BCUT2D eigenvalue weighted by Crippen LogP contribution is -2.17. The lowest BCUT2D eigenvalue weighted by molar-refractivity contribution is 0.475. The van der Waals surface area contributed by atoms with E-state index in [4.69, 9.17) is 0 Å². The lowest BCUT2D eigenvalue weighted by atomic mass is 9.80. The Morgan fingerprint density at radius 2 is 1.26 bits per heavy atom. The van der Waals surface area contributed by atoms with Gasteiger partial charge in [0.2, 0.25) is 0 Å². The fraction of sp³-hybridized carbons (Fsp3) is 0.429. The molecule has 0 amide bonds. The topological polar surface area (TPSA) is 32.3 Å². The largest absolute Gasteiger partial charge is 0.508 e. The van der Waals surface area contributed by atoms with Crippen LogP contribution < -0.4 is 5.32 Å². The van der Waals surface area contributed by atoms with E-state index in [0.29, 0.717) is 5.75 Å². The summed E-state index contributed by atoms with van der Waals surface area (Å²) in [5.41, 5.74) is 5.24. The molecule has 124 valence electrons. The first-order valence-corrected chi connectivity index (χ1v) is 8.23. The third-order valence-electron chi connectivity index (χ3n) is 4.10. The minimum atomic E-state index is 0.121. The first-order chi connectivity index (χ1) is 10.6. The molecule has 2 nitrogen and oxygen atoms in total. The van der Waals surface area contributed by atoms with Gasteiger partial charge >= 0.3 is 0 Å². The number of phenols is 1. The predicted octanol–water partition coefficient (Wildman–Crippen LogP) is 5.60. The molecular formula is C21H29NO. The van der Waals surface area contributed by atoms with E-state index < -0.39 is 0 Å². The summed E-state index contributed by atoms with van der Waals surface area (Å²) in [5.74, 6) is 0.304. The molecule has 0 saturated heterocycles. The van der Waals surface area contributed by atoms with Gasteiger partial charge in [-0.15, -0.1) is 0 Å². The SMILES string of the molecule is CC(C)(C)c1cc(NCc2ccc(O)cc2)cc(C(C)(C)C)c1. The van der Waals surface area contributed by atoms with Crippen molar-refractivity contribution in [3.8, 4) is 5.75 Å². The Kier molecular flexibility index (Phi) is 4.74.